The van der Waals surface area contributed by atoms with Crippen LogP contribution in [0.4, 0.5) is 22.0 Å². The van der Waals surface area contributed by atoms with Crippen molar-refractivity contribution in [1.82, 2.24) is 0 Å². The van der Waals surface area contributed by atoms with Gasteiger partial charge in [-0.3, -0.25) is 4.79 Å². The molecule has 0 amide bonds. The number of halogens is 5. The van der Waals surface area contributed by atoms with Crippen molar-refractivity contribution >= 4 is 15.8 Å². The lowest BCUT2D eigenvalue weighted by atomic mass is 9.91. The minimum atomic E-state index is -5.66. The van der Waals surface area contributed by atoms with E-state index in [0.717, 1.165) is 0 Å². The second-order valence-corrected chi connectivity index (χ2v) is 11.0. The van der Waals surface area contributed by atoms with Crippen LogP contribution in [0.25, 0.3) is 0 Å². The van der Waals surface area contributed by atoms with Gasteiger partial charge in [0.05, 0.1) is 0 Å². The van der Waals surface area contributed by atoms with Gasteiger partial charge in [-0.1, -0.05) is 91.0 Å². The van der Waals surface area contributed by atoms with Crippen LogP contribution in [0.2, 0.25) is 0 Å². The maximum absolute atomic E-state index is 15.0. The maximum atomic E-state index is 15.0. The molecule has 4 nitrogen and oxygen atoms in total. The lowest BCUT2D eigenvalue weighted by molar-refractivity contribution is -0.148. The summed E-state index contributed by atoms with van der Waals surface area (Å²) >= 11 is 0. The average molecular weight is 561 g/mol. The summed E-state index contributed by atoms with van der Waals surface area (Å²) in [5.41, 5.74) is 0.975. The lowest BCUT2D eigenvalue weighted by Crippen LogP contribution is -2.52. The van der Waals surface area contributed by atoms with Crippen LogP contribution in [0.1, 0.15) is 16.7 Å². The van der Waals surface area contributed by atoms with E-state index in [1.165, 1.54) is 24.3 Å². The van der Waals surface area contributed by atoms with E-state index >= 15 is 0 Å². The largest absolute Gasteiger partial charge is 0.460 e. The Kier molecular flexibility index (Phi) is 8.15. The molecule has 0 saturated carbocycles. The van der Waals surface area contributed by atoms with E-state index < -0.39 is 74.0 Å². The molecule has 0 atom stereocenters. The van der Waals surface area contributed by atoms with Gasteiger partial charge in [-0.2, -0.15) is 0 Å². The molecule has 0 N–H and O–H groups in total. The molecule has 0 bridgehead atoms. The van der Waals surface area contributed by atoms with Gasteiger partial charge in [0.25, 0.3) is 0 Å². The van der Waals surface area contributed by atoms with E-state index in [1.807, 2.05) is 0 Å². The Morgan fingerprint density at radius 3 is 1.36 bits per heavy atom. The molecule has 0 aromatic heterocycles. The molecule has 0 aliphatic rings. The Hall–Kier alpha value is -4.05. The summed E-state index contributed by atoms with van der Waals surface area (Å²) in [4.78, 5) is 11.7. The molecule has 4 rings (SSSR count). The van der Waals surface area contributed by atoms with Crippen molar-refractivity contribution in [2.45, 2.75) is 29.1 Å². The van der Waals surface area contributed by atoms with Crippen LogP contribution in [0.3, 0.4) is 0 Å². The van der Waals surface area contributed by atoms with Crippen LogP contribution in [0, 0.1) is 29.1 Å². The number of carbonyl (C=O) groups is 1. The summed E-state index contributed by atoms with van der Waals surface area (Å²) in [7, 11) is -5.66. The highest BCUT2D eigenvalue weighted by atomic mass is 32.2. The Bertz CT molecular complexity index is 1510. The second kappa shape index (κ2) is 11.4. The number of sulfone groups is 1. The van der Waals surface area contributed by atoms with Gasteiger partial charge in [0.15, 0.2) is 28.0 Å². The van der Waals surface area contributed by atoms with Crippen LogP contribution in [-0.2, 0) is 38.8 Å². The number of hydrogen-bond acceptors (Lipinski definition) is 4. The molecule has 0 spiro atoms. The van der Waals surface area contributed by atoms with Crippen molar-refractivity contribution in [1.29, 1.82) is 0 Å². The van der Waals surface area contributed by atoms with E-state index in [9.17, 15) is 35.2 Å². The molecule has 39 heavy (non-hydrogen) atoms. The third-order valence-corrected chi connectivity index (χ3v) is 8.58. The zero-order chi connectivity index (χ0) is 28.2. The highest BCUT2D eigenvalue weighted by molar-refractivity contribution is 7.93. The summed E-state index contributed by atoms with van der Waals surface area (Å²) in [5.74, 6) is -14.0. The van der Waals surface area contributed by atoms with Crippen LogP contribution in [-0.4, -0.2) is 19.1 Å². The van der Waals surface area contributed by atoms with Gasteiger partial charge in [0, 0.05) is 12.8 Å². The van der Waals surface area contributed by atoms with E-state index in [0.29, 0.717) is 5.56 Å². The number of ether oxygens (including phenoxy) is 1. The fraction of sp³-hybridized carbons (Fsp3) is 0.138. The van der Waals surface area contributed by atoms with Crippen molar-refractivity contribution in [2.24, 2.45) is 0 Å². The van der Waals surface area contributed by atoms with E-state index in [1.54, 1.807) is 66.7 Å². The van der Waals surface area contributed by atoms with Gasteiger partial charge >= 0.3 is 5.97 Å². The van der Waals surface area contributed by atoms with Gasteiger partial charge in [-0.15, -0.1) is 0 Å². The van der Waals surface area contributed by atoms with E-state index in [-0.39, 0.29) is 11.1 Å². The molecule has 0 heterocycles. The van der Waals surface area contributed by atoms with Crippen LogP contribution in [0.5, 0.6) is 0 Å². The van der Waals surface area contributed by atoms with Gasteiger partial charge < -0.3 is 4.74 Å². The van der Waals surface area contributed by atoms with E-state index in [2.05, 4.69) is 0 Å². The minimum absolute atomic E-state index is 0.248. The molecule has 0 unspecified atom stereocenters. The first kappa shape index (κ1) is 28.0. The first-order valence-electron chi connectivity index (χ1n) is 11.6. The van der Waals surface area contributed by atoms with Crippen LogP contribution < -0.4 is 0 Å². The van der Waals surface area contributed by atoms with Crippen molar-refractivity contribution in [3.05, 3.63) is 137 Å². The lowest BCUT2D eigenvalue weighted by Gasteiger charge is -2.32. The monoisotopic (exact) mass is 560 g/mol. The molecule has 4 aromatic carbocycles. The zero-order valence-electron chi connectivity index (χ0n) is 20.2. The Morgan fingerprint density at radius 2 is 0.949 bits per heavy atom. The molecule has 0 saturated heterocycles. The fourth-order valence-electron chi connectivity index (χ4n) is 4.23. The second-order valence-electron chi connectivity index (χ2n) is 8.78. The van der Waals surface area contributed by atoms with Gasteiger partial charge in [-0.25, -0.2) is 30.4 Å². The third kappa shape index (κ3) is 5.42. The summed E-state index contributed by atoms with van der Waals surface area (Å²) in [6.07, 6.45) is -1.36. The third-order valence-electron chi connectivity index (χ3n) is 6.20. The van der Waals surface area contributed by atoms with Gasteiger partial charge in [-0.05, 0) is 16.7 Å². The standard InChI is InChI=1S/C29H21F5O4S/c30-22-23(31)25(33)27(26(34)24(22)32)39(36,37)29(16-19-10-4-1-5-11-19,17-20-12-6-2-7-13-20)28(35)38-18-21-14-8-3-9-15-21/h1-15H,16-18H2. The first-order chi connectivity index (χ1) is 18.6. The Morgan fingerprint density at radius 1 is 0.590 bits per heavy atom. The molecule has 0 radical (unpaired) electrons. The molecule has 0 aliphatic carbocycles. The summed E-state index contributed by atoms with van der Waals surface area (Å²) < 4.78 is 103. The molecular weight excluding hydrogens is 539 g/mol. The molecule has 10 heteroatoms. The van der Waals surface area contributed by atoms with Gasteiger partial charge in [0.1, 0.15) is 11.5 Å². The maximum Gasteiger partial charge on any atom is 0.328 e. The van der Waals surface area contributed by atoms with Crippen molar-refractivity contribution in [3.8, 4) is 0 Å². The van der Waals surface area contributed by atoms with Crippen LogP contribution >= 0.6 is 0 Å². The summed E-state index contributed by atoms with van der Waals surface area (Å²) in [5, 5.41) is 0. The number of esters is 1. The normalized spacial score (nSPS) is 11.8. The number of rotatable bonds is 9. The number of carbonyl (C=O) groups excluding carboxylic acids is 1. The van der Waals surface area contributed by atoms with Crippen LogP contribution in [0.15, 0.2) is 95.9 Å². The smallest absolute Gasteiger partial charge is 0.328 e. The molecule has 0 fully saturated rings. The topological polar surface area (TPSA) is 60.4 Å². The highest BCUT2D eigenvalue weighted by Gasteiger charge is 2.55. The number of benzene rings is 4. The quantitative estimate of drug-likeness (QED) is 0.0814. The summed E-state index contributed by atoms with van der Waals surface area (Å²) in [6.45, 7) is -0.405. The zero-order valence-corrected chi connectivity index (χ0v) is 21.0. The predicted molar refractivity (Wildman–Crippen MR) is 133 cm³/mol. The minimum Gasteiger partial charge on any atom is -0.460 e. The highest BCUT2D eigenvalue weighted by Crippen LogP contribution is 2.39. The van der Waals surface area contributed by atoms with Gasteiger partial charge in [0.2, 0.25) is 15.7 Å². The van der Waals surface area contributed by atoms with E-state index in [4.69, 9.17) is 4.74 Å². The van der Waals surface area contributed by atoms with Crippen molar-refractivity contribution in [2.75, 3.05) is 0 Å². The first-order valence-corrected chi connectivity index (χ1v) is 13.1. The Balaban J connectivity index is 1.97. The molecule has 0 aliphatic heterocycles. The fourth-order valence-corrected chi connectivity index (χ4v) is 6.26. The average Bonchev–Trinajstić information content (AvgIpc) is 2.95. The predicted octanol–water partition coefficient (Wildman–Crippen LogP) is 6.12. The Labute approximate surface area is 221 Å². The summed E-state index contributed by atoms with van der Waals surface area (Å²) in [6, 6.07) is 23.5. The molecule has 4 aromatic rings. The molecular formula is C29H21F5O4S. The van der Waals surface area contributed by atoms with Crippen molar-refractivity contribution in [3.63, 3.8) is 0 Å². The van der Waals surface area contributed by atoms with Crippen molar-refractivity contribution < 1.29 is 39.9 Å². The molecule has 202 valence electrons. The SMILES string of the molecule is O=C(OCc1ccccc1)C(Cc1ccccc1)(Cc1ccccc1)S(=O)(=O)c1c(F)c(F)c(F)c(F)c1F. The number of hydrogen-bond donors (Lipinski definition) is 0.